The molecule has 0 radical (unpaired) electrons. The minimum absolute atomic E-state index is 0.219. The summed E-state index contributed by atoms with van der Waals surface area (Å²) in [7, 11) is 0. The zero-order valence-electron chi connectivity index (χ0n) is 8.37. The van der Waals surface area contributed by atoms with Crippen molar-refractivity contribution < 1.29 is 9.90 Å². The lowest BCUT2D eigenvalue weighted by molar-refractivity contribution is -0.132. The van der Waals surface area contributed by atoms with Crippen LogP contribution in [0.4, 0.5) is 0 Å². The molecule has 0 spiro atoms. The third-order valence-electron chi connectivity index (χ3n) is 2.46. The van der Waals surface area contributed by atoms with Gasteiger partial charge >= 0.3 is 5.97 Å². The number of aliphatic carboxylic acids is 1. The largest absolute Gasteiger partial charge is 0.478 e. The van der Waals surface area contributed by atoms with E-state index in [-0.39, 0.29) is 5.41 Å². The first-order valence-corrected chi connectivity index (χ1v) is 4.53. The van der Waals surface area contributed by atoms with E-state index in [1.54, 1.807) is 12.2 Å². The van der Waals surface area contributed by atoms with Crippen LogP contribution < -0.4 is 0 Å². The Hall–Kier alpha value is -1.05. The molecule has 2 nitrogen and oxygen atoms in total. The molecule has 1 N–H and O–H groups in total. The van der Waals surface area contributed by atoms with Crippen molar-refractivity contribution in [3.8, 4) is 0 Å². The highest BCUT2D eigenvalue weighted by atomic mass is 16.4. The van der Waals surface area contributed by atoms with E-state index >= 15 is 0 Å². The molecule has 1 unspecified atom stereocenters. The number of carboxylic acid groups (broad SMARTS) is 1. The predicted octanol–water partition coefficient (Wildman–Crippen LogP) is 2.62. The first-order chi connectivity index (χ1) is 5.91. The number of rotatable bonds is 1. The molecule has 0 saturated carbocycles. The number of carbonyl (C=O) groups is 1. The first-order valence-electron chi connectivity index (χ1n) is 4.53. The van der Waals surface area contributed by atoms with Crippen LogP contribution in [-0.4, -0.2) is 11.1 Å². The predicted molar refractivity (Wildman–Crippen MR) is 52.4 cm³/mol. The molecule has 1 aliphatic rings. The average molecular weight is 180 g/mol. The van der Waals surface area contributed by atoms with Gasteiger partial charge in [-0.3, -0.25) is 0 Å². The second-order valence-electron chi connectivity index (χ2n) is 4.53. The van der Waals surface area contributed by atoms with Crippen LogP contribution in [0.3, 0.4) is 0 Å². The first kappa shape index (κ1) is 10.0. The maximum Gasteiger partial charge on any atom is 0.335 e. The van der Waals surface area contributed by atoms with Crippen molar-refractivity contribution in [3.05, 3.63) is 23.8 Å². The Morgan fingerprint density at radius 1 is 1.54 bits per heavy atom. The van der Waals surface area contributed by atoms with Gasteiger partial charge in [-0.25, -0.2) is 4.79 Å². The quantitative estimate of drug-likeness (QED) is 0.673. The zero-order valence-corrected chi connectivity index (χ0v) is 8.37. The summed E-state index contributed by atoms with van der Waals surface area (Å²) in [5, 5.41) is 8.71. The van der Waals surface area contributed by atoms with E-state index in [0.717, 1.165) is 6.42 Å². The van der Waals surface area contributed by atoms with E-state index in [1.807, 2.05) is 6.08 Å². The van der Waals surface area contributed by atoms with Gasteiger partial charge < -0.3 is 5.11 Å². The van der Waals surface area contributed by atoms with Gasteiger partial charge in [0.05, 0.1) is 5.57 Å². The van der Waals surface area contributed by atoms with Gasteiger partial charge in [0.15, 0.2) is 0 Å². The monoisotopic (exact) mass is 180 g/mol. The van der Waals surface area contributed by atoms with Gasteiger partial charge in [-0.15, -0.1) is 0 Å². The summed E-state index contributed by atoms with van der Waals surface area (Å²) >= 11 is 0. The van der Waals surface area contributed by atoms with Crippen molar-refractivity contribution in [2.24, 2.45) is 11.3 Å². The Kier molecular flexibility index (Phi) is 2.60. The molecule has 0 aromatic heterocycles. The minimum atomic E-state index is -0.830. The second-order valence-corrected chi connectivity index (χ2v) is 4.53. The molecule has 0 aromatic carbocycles. The summed E-state index contributed by atoms with van der Waals surface area (Å²) in [6, 6.07) is 0. The molecule has 0 aliphatic heterocycles. The summed E-state index contributed by atoms with van der Waals surface area (Å²) in [6.07, 6.45) is 6.35. The summed E-state index contributed by atoms with van der Waals surface area (Å²) in [4.78, 5) is 10.6. The molecule has 72 valence electrons. The zero-order chi connectivity index (χ0) is 10.1. The second kappa shape index (κ2) is 3.36. The van der Waals surface area contributed by atoms with Crippen molar-refractivity contribution in [3.63, 3.8) is 0 Å². The van der Waals surface area contributed by atoms with E-state index in [9.17, 15) is 4.79 Å². The van der Waals surface area contributed by atoms with Crippen molar-refractivity contribution >= 4 is 5.97 Å². The normalized spacial score (nSPS) is 22.7. The number of carboxylic acids is 1. The average Bonchev–Trinajstić information content (AvgIpc) is 2.03. The lowest BCUT2D eigenvalue weighted by atomic mass is 9.76. The third-order valence-corrected chi connectivity index (χ3v) is 2.46. The van der Waals surface area contributed by atoms with Crippen LogP contribution in [0.25, 0.3) is 0 Å². The lowest BCUT2D eigenvalue weighted by Gasteiger charge is -2.28. The fourth-order valence-corrected chi connectivity index (χ4v) is 1.42. The number of hydrogen-bond donors (Lipinski definition) is 1. The lowest BCUT2D eigenvalue weighted by Crippen LogP contribution is -2.20. The summed E-state index contributed by atoms with van der Waals surface area (Å²) in [5.41, 5.74) is 0.636. The molecule has 0 fully saturated rings. The van der Waals surface area contributed by atoms with Gasteiger partial charge in [-0.2, -0.15) is 0 Å². The summed E-state index contributed by atoms with van der Waals surface area (Å²) < 4.78 is 0. The van der Waals surface area contributed by atoms with E-state index in [2.05, 4.69) is 20.8 Å². The maximum atomic E-state index is 10.6. The Morgan fingerprint density at radius 3 is 2.46 bits per heavy atom. The molecule has 2 heteroatoms. The molecule has 0 aromatic rings. The van der Waals surface area contributed by atoms with Crippen LogP contribution >= 0.6 is 0 Å². The molecule has 0 saturated heterocycles. The van der Waals surface area contributed by atoms with Gasteiger partial charge in [0.2, 0.25) is 0 Å². The molecule has 1 rings (SSSR count). The summed E-state index contributed by atoms with van der Waals surface area (Å²) in [5.74, 6) is -0.376. The maximum absolute atomic E-state index is 10.6. The standard InChI is InChI=1S/C11H16O2/c1-11(2,3)9-6-4-8(5-7-9)10(12)13/h4-6,9H,7H2,1-3H3,(H,12,13). The van der Waals surface area contributed by atoms with Crippen molar-refractivity contribution in [2.75, 3.05) is 0 Å². The van der Waals surface area contributed by atoms with E-state index < -0.39 is 5.97 Å². The van der Waals surface area contributed by atoms with Crippen LogP contribution in [0.15, 0.2) is 23.8 Å². The number of allylic oxidation sites excluding steroid dienone is 2. The van der Waals surface area contributed by atoms with E-state index in [0.29, 0.717) is 11.5 Å². The van der Waals surface area contributed by atoms with E-state index in [4.69, 9.17) is 5.11 Å². The molecule has 13 heavy (non-hydrogen) atoms. The fourth-order valence-electron chi connectivity index (χ4n) is 1.42. The van der Waals surface area contributed by atoms with Crippen molar-refractivity contribution in [2.45, 2.75) is 27.2 Å². The van der Waals surface area contributed by atoms with Crippen LogP contribution in [0.5, 0.6) is 0 Å². The Labute approximate surface area is 79.0 Å². The van der Waals surface area contributed by atoms with Gasteiger partial charge in [0.25, 0.3) is 0 Å². The fraction of sp³-hybridized carbons (Fsp3) is 0.545. The Morgan fingerprint density at radius 2 is 2.15 bits per heavy atom. The highest BCUT2D eigenvalue weighted by molar-refractivity contribution is 5.90. The van der Waals surface area contributed by atoms with Crippen LogP contribution in [0, 0.1) is 11.3 Å². The molecule has 0 amide bonds. The summed E-state index contributed by atoms with van der Waals surface area (Å²) in [6.45, 7) is 6.50. The molecular weight excluding hydrogens is 164 g/mol. The SMILES string of the molecule is CC(C)(C)C1C=CC(C(=O)O)=CC1. The van der Waals surface area contributed by atoms with Crippen LogP contribution in [-0.2, 0) is 4.79 Å². The molecule has 1 aliphatic carbocycles. The smallest absolute Gasteiger partial charge is 0.335 e. The van der Waals surface area contributed by atoms with Crippen molar-refractivity contribution in [1.82, 2.24) is 0 Å². The highest BCUT2D eigenvalue weighted by Crippen LogP contribution is 2.32. The van der Waals surface area contributed by atoms with Crippen LogP contribution in [0.1, 0.15) is 27.2 Å². The molecule has 1 atom stereocenters. The van der Waals surface area contributed by atoms with Gasteiger partial charge in [0.1, 0.15) is 0 Å². The highest BCUT2D eigenvalue weighted by Gasteiger charge is 2.23. The van der Waals surface area contributed by atoms with Crippen molar-refractivity contribution in [1.29, 1.82) is 0 Å². The minimum Gasteiger partial charge on any atom is -0.478 e. The van der Waals surface area contributed by atoms with E-state index in [1.165, 1.54) is 0 Å². The Balaban J connectivity index is 2.69. The van der Waals surface area contributed by atoms with Gasteiger partial charge in [-0.1, -0.05) is 39.0 Å². The molecule has 0 heterocycles. The van der Waals surface area contributed by atoms with Gasteiger partial charge in [0, 0.05) is 0 Å². The Bertz CT molecular complexity index is 266. The van der Waals surface area contributed by atoms with Gasteiger partial charge in [-0.05, 0) is 17.8 Å². The van der Waals surface area contributed by atoms with Crippen LogP contribution in [0.2, 0.25) is 0 Å². The topological polar surface area (TPSA) is 37.3 Å². The number of hydrogen-bond acceptors (Lipinski definition) is 1. The third kappa shape index (κ3) is 2.44. The molecule has 0 bridgehead atoms. The molecular formula is C11H16O2.